The van der Waals surface area contributed by atoms with Crippen molar-refractivity contribution < 1.29 is 9.53 Å². The third-order valence-electron chi connectivity index (χ3n) is 4.70. The zero-order chi connectivity index (χ0) is 18.8. The van der Waals surface area contributed by atoms with E-state index in [1.54, 1.807) is 25.1 Å². The maximum Gasteiger partial charge on any atom is 0.271 e. The minimum atomic E-state index is -0.133. The number of ether oxygens (including phenoxy) is 1. The van der Waals surface area contributed by atoms with Crippen molar-refractivity contribution in [2.45, 2.75) is 23.2 Å². The molecule has 1 aliphatic heterocycles. The number of hydrogen-bond donors (Lipinski definition) is 2. The number of nitrogens with zero attached hydrogens (tertiary/aromatic N) is 3. The Morgan fingerprint density at radius 1 is 1.37 bits per heavy atom. The predicted octanol–water partition coefficient (Wildman–Crippen LogP) is 2.51. The number of carbonyl (C=O) groups is 1. The fourth-order valence-electron chi connectivity index (χ4n) is 3.33. The van der Waals surface area contributed by atoms with Crippen molar-refractivity contribution in [2.75, 3.05) is 13.7 Å². The molecule has 1 aromatic carbocycles. The van der Waals surface area contributed by atoms with Gasteiger partial charge in [0.2, 0.25) is 0 Å². The van der Waals surface area contributed by atoms with E-state index in [-0.39, 0.29) is 11.8 Å². The molecule has 0 radical (unpaired) electrons. The van der Waals surface area contributed by atoms with Crippen molar-refractivity contribution in [3.63, 3.8) is 0 Å². The molecule has 140 valence electrons. The molecular weight excluding hydrogens is 362 g/mol. The summed E-state index contributed by atoms with van der Waals surface area (Å²) < 4.78 is 7.46. The number of benzene rings is 1. The molecule has 2 aromatic heterocycles. The maximum absolute atomic E-state index is 12.5. The first kappa shape index (κ1) is 17.7. The van der Waals surface area contributed by atoms with E-state index in [1.807, 2.05) is 36.0 Å². The van der Waals surface area contributed by atoms with Crippen molar-refractivity contribution in [1.29, 1.82) is 0 Å². The van der Waals surface area contributed by atoms with Gasteiger partial charge < -0.3 is 19.6 Å². The van der Waals surface area contributed by atoms with Gasteiger partial charge in [-0.05, 0) is 18.1 Å². The third-order valence-corrected chi connectivity index (χ3v) is 5.77. The molecule has 4 rings (SSSR count). The maximum atomic E-state index is 12.5. The number of methoxy groups -OCH3 is 1. The Morgan fingerprint density at radius 3 is 3.00 bits per heavy atom. The molecule has 3 aromatic rings. The van der Waals surface area contributed by atoms with Crippen LogP contribution >= 0.6 is 11.8 Å². The Morgan fingerprint density at radius 2 is 2.22 bits per heavy atom. The van der Waals surface area contributed by atoms with Gasteiger partial charge in [-0.15, -0.1) is 0 Å². The number of hydrogen-bond acceptors (Lipinski definition) is 5. The second kappa shape index (κ2) is 7.48. The van der Waals surface area contributed by atoms with Gasteiger partial charge in [-0.2, -0.15) is 0 Å². The second-order valence-corrected chi connectivity index (χ2v) is 7.42. The van der Waals surface area contributed by atoms with E-state index >= 15 is 0 Å². The number of H-pyrrole nitrogens is 1. The van der Waals surface area contributed by atoms with Crippen molar-refractivity contribution in [2.24, 2.45) is 7.05 Å². The first-order valence-corrected chi connectivity index (χ1v) is 9.73. The summed E-state index contributed by atoms with van der Waals surface area (Å²) in [5.74, 6) is 2.24. The summed E-state index contributed by atoms with van der Waals surface area (Å²) in [5, 5.41) is 3.91. The zero-order valence-corrected chi connectivity index (χ0v) is 16.0. The topological polar surface area (TPSA) is 84.8 Å². The molecule has 1 atom stereocenters. The number of aryl methyl sites for hydroxylation is 1. The molecule has 0 aliphatic carbocycles. The minimum absolute atomic E-state index is 0.127. The van der Waals surface area contributed by atoms with Gasteiger partial charge in [0.05, 0.1) is 12.9 Å². The fourth-order valence-corrected chi connectivity index (χ4v) is 4.14. The lowest BCUT2D eigenvalue weighted by Gasteiger charge is -2.17. The number of nitrogens with one attached hydrogen (secondary N) is 2. The lowest BCUT2D eigenvalue weighted by molar-refractivity contribution is 0.0950. The molecule has 8 heteroatoms. The van der Waals surface area contributed by atoms with Crippen molar-refractivity contribution >= 4 is 17.7 Å². The van der Waals surface area contributed by atoms with Crippen LogP contribution in [0.4, 0.5) is 0 Å². The number of para-hydroxylation sites is 1. The Bertz CT molecular complexity index is 965. The van der Waals surface area contributed by atoms with Gasteiger partial charge in [-0.3, -0.25) is 4.79 Å². The van der Waals surface area contributed by atoms with Gasteiger partial charge in [-0.25, -0.2) is 9.97 Å². The summed E-state index contributed by atoms with van der Waals surface area (Å²) >= 11 is 1.59. The summed E-state index contributed by atoms with van der Waals surface area (Å²) in [7, 11) is 3.63. The molecule has 3 heterocycles. The van der Waals surface area contributed by atoms with Crippen LogP contribution in [0.5, 0.6) is 5.75 Å². The standard InChI is InChI=1S/C19H21N5O2S/c1-24-8-7-20-19(24)27-11-16-22-14-9-12(10-21-18(25)17(14)23-16)13-5-3-4-6-15(13)26-2/h3-8,12H,9-11H2,1-2H3,(H,21,25)(H,22,23). The first-order valence-electron chi connectivity index (χ1n) is 8.74. The average molecular weight is 383 g/mol. The SMILES string of the molecule is COc1ccccc1C1CNC(=O)c2nc(CSc3nccn3C)[nH]c2C1. The van der Waals surface area contributed by atoms with Crippen LogP contribution in [0.2, 0.25) is 0 Å². The van der Waals surface area contributed by atoms with Crippen molar-refractivity contribution in [3.8, 4) is 5.75 Å². The molecule has 27 heavy (non-hydrogen) atoms. The average Bonchev–Trinajstić information content (AvgIpc) is 3.25. The number of imidazole rings is 2. The van der Waals surface area contributed by atoms with E-state index in [1.165, 1.54) is 0 Å². The Kier molecular flexibility index (Phi) is 4.89. The molecular formula is C19H21N5O2S. The number of fused-ring (bicyclic) bond motifs is 1. The summed E-state index contributed by atoms with van der Waals surface area (Å²) in [5.41, 5.74) is 2.45. The van der Waals surface area contributed by atoms with Crippen LogP contribution < -0.4 is 10.1 Å². The molecule has 1 unspecified atom stereocenters. The quantitative estimate of drug-likeness (QED) is 0.662. The van der Waals surface area contributed by atoms with Crippen LogP contribution in [0.3, 0.4) is 0 Å². The van der Waals surface area contributed by atoms with Crippen LogP contribution in [0.25, 0.3) is 0 Å². The summed E-state index contributed by atoms with van der Waals surface area (Å²) in [6, 6.07) is 7.94. The van der Waals surface area contributed by atoms with E-state index in [0.29, 0.717) is 24.4 Å². The molecule has 0 spiro atoms. The van der Waals surface area contributed by atoms with E-state index in [2.05, 4.69) is 26.3 Å². The Labute approximate surface area is 161 Å². The lowest BCUT2D eigenvalue weighted by Crippen LogP contribution is -2.26. The summed E-state index contributed by atoms with van der Waals surface area (Å²) in [6.45, 7) is 0.556. The largest absolute Gasteiger partial charge is 0.496 e. The predicted molar refractivity (Wildman–Crippen MR) is 103 cm³/mol. The summed E-state index contributed by atoms with van der Waals surface area (Å²) in [6.07, 6.45) is 4.38. The molecule has 0 saturated heterocycles. The van der Waals surface area contributed by atoms with E-state index in [0.717, 1.165) is 28.0 Å². The zero-order valence-electron chi connectivity index (χ0n) is 15.2. The normalized spacial score (nSPS) is 16.5. The highest BCUT2D eigenvalue weighted by Crippen LogP contribution is 2.31. The molecule has 7 nitrogen and oxygen atoms in total. The van der Waals surface area contributed by atoms with E-state index < -0.39 is 0 Å². The van der Waals surface area contributed by atoms with Crippen LogP contribution in [-0.2, 0) is 19.2 Å². The van der Waals surface area contributed by atoms with Gasteiger partial charge >= 0.3 is 0 Å². The lowest BCUT2D eigenvalue weighted by atomic mass is 9.93. The van der Waals surface area contributed by atoms with E-state index in [9.17, 15) is 4.79 Å². The van der Waals surface area contributed by atoms with Gasteiger partial charge in [0.25, 0.3) is 5.91 Å². The summed E-state index contributed by atoms with van der Waals surface area (Å²) in [4.78, 5) is 24.7. The number of aromatic amines is 1. The monoisotopic (exact) mass is 383 g/mol. The Hall–Kier alpha value is -2.74. The van der Waals surface area contributed by atoms with Crippen LogP contribution in [0.1, 0.15) is 33.5 Å². The number of thioether (sulfide) groups is 1. The smallest absolute Gasteiger partial charge is 0.271 e. The minimum Gasteiger partial charge on any atom is -0.496 e. The van der Waals surface area contributed by atoms with Gasteiger partial charge in [0.15, 0.2) is 5.16 Å². The fraction of sp³-hybridized carbons (Fsp3) is 0.316. The van der Waals surface area contributed by atoms with Crippen molar-refractivity contribution in [3.05, 3.63) is 59.4 Å². The molecule has 0 bridgehead atoms. The highest BCUT2D eigenvalue weighted by Gasteiger charge is 2.27. The first-order chi connectivity index (χ1) is 13.2. The number of amides is 1. The van der Waals surface area contributed by atoms with Crippen LogP contribution in [0.15, 0.2) is 41.8 Å². The van der Waals surface area contributed by atoms with Crippen LogP contribution in [-0.4, -0.2) is 39.1 Å². The van der Waals surface area contributed by atoms with Crippen LogP contribution in [0, 0.1) is 0 Å². The molecule has 2 N–H and O–H groups in total. The molecule has 1 aliphatic rings. The second-order valence-electron chi connectivity index (χ2n) is 6.47. The molecule has 0 fully saturated rings. The third kappa shape index (κ3) is 3.57. The number of carbonyl (C=O) groups excluding carboxylic acids is 1. The Balaban J connectivity index is 1.57. The van der Waals surface area contributed by atoms with Crippen molar-refractivity contribution in [1.82, 2.24) is 24.8 Å². The van der Waals surface area contributed by atoms with Gasteiger partial charge in [0, 0.05) is 37.6 Å². The van der Waals surface area contributed by atoms with E-state index in [4.69, 9.17) is 4.74 Å². The number of rotatable bonds is 5. The molecule has 0 saturated carbocycles. The number of aromatic nitrogens is 4. The highest BCUT2D eigenvalue weighted by molar-refractivity contribution is 7.98. The highest BCUT2D eigenvalue weighted by atomic mass is 32.2. The van der Waals surface area contributed by atoms with Gasteiger partial charge in [0.1, 0.15) is 17.3 Å². The van der Waals surface area contributed by atoms with Gasteiger partial charge in [-0.1, -0.05) is 30.0 Å². The molecule has 1 amide bonds.